The molecule has 7 heteroatoms. The van der Waals surface area contributed by atoms with Crippen LogP contribution in [-0.2, 0) is 9.47 Å². The average Bonchev–Trinajstić information content (AvgIpc) is 3.15. The van der Waals surface area contributed by atoms with Gasteiger partial charge in [-0.2, -0.15) is 0 Å². The number of benzene rings is 1. The van der Waals surface area contributed by atoms with Crippen molar-refractivity contribution in [3.63, 3.8) is 0 Å². The summed E-state index contributed by atoms with van der Waals surface area (Å²) in [6, 6.07) is 7.17. The molecule has 1 amide bonds. The zero-order valence-electron chi connectivity index (χ0n) is 15.0. The van der Waals surface area contributed by atoms with Crippen LogP contribution in [-0.4, -0.2) is 70.4 Å². The Kier molecular flexibility index (Phi) is 8.21. The van der Waals surface area contributed by atoms with Gasteiger partial charge in [0, 0.05) is 19.2 Å². The Morgan fingerprint density at radius 3 is 2.76 bits per heavy atom. The lowest BCUT2D eigenvalue weighted by Crippen LogP contribution is -2.34. The SMILES string of the molecule is COCCOC(=NCCN1CCCC1)NC(=O)c1cccc(OC)c1. The number of nitrogens with zero attached hydrogens (tertiary/aromatic N) is 2. The van der Waals surface area contributed by atoms with Crippen molar-refractivity contribution in [1.29, 1.82) is 0 Å². The van der Waals surface area contributed by atoms with Crippen LogP contribution in [0.25, 0.3) is 0 Å². The van der Waals surface area contributed by atoms with Gasteiger partial charge in [0.1, 0.15) is 12.4 Å². The number of ether oxygens (including phenoxy) is 3. The number of rotatable bonds is 8. The second-order valence-corrected chi connectivity index (χ2v) is 5.76. The third-order valence-electron chi connectivity index (χ3n) is 3.95. The standard InChI is InChI=1S/C18H27N3O4/c1-23-12-13-25-18(19-8-11-21-9-3-4-10-21)20-17(22)15-6-5-7-16(14-15)24-2/h5-7,14H,3-4,8-13H2,1-2H3,(H,19,20,22). The fourth-order valence-corrected chi connectivity index (χ4v) is 2.58. The highest BCUT2D eigenvalue weighted by atomic mass is 16.5. The van der Waals surface area contributed by atoms with Gasteiger partial charge in [-0.25, -0.2) is 4.99 Å². The Labute approximate surface area is 149 Å². The summed E-state index contributed by atoms with van der Waals surface area (Å²) in [6.45, 7) is 4.45. The molecule has 0 bridgehead atoms. The number of likely N-dealkylation sites (tertiary alicyclic amines) is 1. The first kappa shape index (κ1) is 19.2. The van der Waals surface area contributed by atoms with Gasteiger partial charge in [-0.15, -0.1) is 0 Å². The summed E-state index contributed by atoms with van der Waals surface area (Å²) in [7, 11) is 3.17. The van der Waals surface area contributed by atoms with Crippen LogP contribution in [0, 0.1) is 0 Å². The van der Waals surface area contributed by atoms with Crippen molar-refractivity contribution in [2.45, 2.75) is 12.8 Å². The lowest BCUT2D eigenvalue weighted by Gasteiger charge is -2.14. The molecular formula is C18H27N3O4. The van der Waals surface area contributed by atoms with Crippen molar-refractivity contribution in [2.24, 2.45) is 4.99 Å². The number of carbonyl (C=O) groups is 1. The van der Waals surface area contributed by atoms with Crippen LogP contribution in [0.1, 0.15) is 23.2 Å². The first-order valence-electron chi connectivity index (χ1n) is 8.57. The minimum atomic E-state index is -0.281. The van der Waals surface area contributed by atoms with Crippen LogP contribution in [0.5, 0.6) is 5.75 Å². The van der Waals surface area contributed by atoms with E-state index in [0.29, 0.717) is 31.1 Å². The molecule has 25 heavy (non-hydrogen) atoms. The second-order valence-electron chi connectivity index (χ2n) is 5.76. The van der Waals surface area contributed by atoms with Crippen molar-refractivity contribution in [3.8, 4) is 5.75 Å². The molecule has 0 spiro atoms. The minimum absolute atomic E-state index is 0.226. The quantitative estimate of drug-likeness (QED) is 0.438. The van der Waals surface area contributed by atoms with Crippen molar-refractivity contribution >= 4 is 11.9 Å². The molecule has 138 valence electrons. The topological polar surface area (TPSA) is 72.4 Å². The van der Waals surface area contributed by atoms with Gasteiger partial charge in [0.05, 0.1) is 20.3 Å². The monoisotopic (exact) mass is 349 g/mol. The van der Waals surface area contributed by atoms with Gasteiger partial charge in [0.2, 0.25) is 0 Å². The maximum absolute atomic E-state index is 12.4. The first-order chi connectivity index (χ1) is 12.2. The predicted octanol–water partition coefficient (Wildman–Crippen LogP) is 1.54. The third-order valence-corrected chi connectivity index (χ3v) is 3.95. The van der Waals surface area contributed by atoms with Crippen LogP contribution in [0.15, 0.2) is 29.3 Å². The molecular weight excluding hydrogens is 322 g/mol. The Hall–Kier alpha value is -2.12. The molecule has 1 heterocycles. The van der Waals surface area contributed by atoms with Crippen LogP contribution >= 0.6 is 0 Å². The zero-order valence-corrected chi connectivity index (χ0v) is 15.0. The van der Waals surface area contributed by atoms with Gasteiger partial charge >= 0.3 is 0 Å². The number of hydrogen-bond acceptors (Lipinski definition) is 6. The molecule has 1 aliphatic rings. The molecule has 1 fully saturated rings. The second kappa shape index (κ2) is 10.7. The van der Waals surface area contributed by atoms with E-state index in [4.69, 9.17) is 14.2 Å². The smallest absolute Gasteiger partial charge is 0.291 e. The molecule has 0 aliphatic carbocycles. The predicted molar refractivity (Wildman–Crippen MR) is 96.3 cm³/mol. The fraction of sp³-hybridized carbons (Fsp3) is 0.556. The van der Waals surface area contributed by atoms with E-state index in [1.807, 2.05) is 0 Å². The number of hydrogen-bond donors (Lipinski definition) is 1. The number of aliphatic imine (C=N–C) groups is 1. The van der Waals surface area contributed by atoms with E-state index in [1.165, 1.54) is 12.8 Å². The zero-order chi connectivity index (χ0) is 17.9. The first-order valence-corrected chi connectivity index (χ1v) is 8.57. The van der Waals surface area contributed by atoms with E-state index >= 15 is 0 Å². The van der Waals surface area contributed by atoms with E-state index in [0.717, 1.165) is 19.6 Å². The van der Waals surface area contributed by atoms with E-state index in [1.54, 1.807) is 38.5 Å². The summed E-state index contributed by atoms with van der Waals surface area (Å²) >= 11 is 0. The van der Waals surface area contributed by atoms with Gasteiger partial charge in [0.25, 0.3) is 11.9 Å². The molecule has 0 radical (unpaired) electrons. The Bertz CT molecular complexity index is 571. The lowest BCUT2D eigenvalue weighted by molar-refractivity contribution is 0.0953. The van der Waals surface area contributed by atoms with E-state index < -0.39 is 0 Å². The Morgan fingerprint density at radius 2 is 2.04 bits per heavy atom. The maximum atomic E-state index is 12.4. The highest BCUT2D eigenvalue weighted by Crippen LogP contribution is 2.12. The van der Waals surface area contributed by atoms with Crippen LogP contribution in [0.2, 0.25) is 0 Å². The molecule has 0 aromatic heterocycles. The number of carbonyl (C=O) groups excluding carboxylic acids is 1. The number of amides is 1. The maximum Gasteiger partial charge on any atom is 0.291 e. The summed E-state index contributed by atoms with van der Waals surface area (Å²) < 4.78 is 15.7. The molecule has 1 aromatic carbocycles. The van der Waals surface area contributed by atoms with Gasteiger partial charge in [-0.3, -0.25) is 10.1 Å². The molecule has 1 N–H and O–H groups in total. The molecule has 2 rings (SSSR count). The largest absolute Gasteiger partial charge is 0.497 e. The van der Waals surface area contributed by atoms with Crippen molar-refractivity contribution < 1.29 is 19.0 Å². The summed E-state index contributed by atoms with van der Waals surface area (Å²) in [6.07, 6.45) is 2.49. The average molecular weight is 349 g/mol. The molecule has 0 saturated carbocycles. The van der Waals surface area contributed by atoms with Gasteiger partial charge in [-0.1, -0.05) is 6.07 Å². The van der Waals surface area contributed by atoms with E-state index in [2.05, 4.69) is 15.2 Å². The normalized spacial score (nSPS) is 15.2. The molecule has 0 unspecified atom stereocenters. The summed E-state index contributed by atoms with van der Waals surface area (Å²) in [5.74, 6) is 0.344. The number of nitrogens with one attached hydrogen (secondary N) is 1. The molecule has 7 nitrogen and oxygen atoms in total. The van der Waals surface area contributed by atoms with Gasteiger partial charge in [-0.05, 0) is 44.1 Å². The summed E-state index contributed by atoms with van der Waals surface area (Å²) in [4.78, 5) is 19.2. The Morgan fingerprint density at radius 1 is 1.24 bits per heavy atom. The summed E-state index contributed by atoms with van der Waals surface area (Å²) in [5, 5.41) is 2.73. The lowest BCUT2D eigenvalue weighted by atomic mass is 10.2. The molecule has 1 saturated heterocycles. The highest BCUT2D eigenvalue weighted by Gasteiger charge is 2.13. The number of amidine groups is 1. The Balaban J connectivity index is 1.94. The van der Waals surface area contributed by atoms with Crippen molar-refractivity contribution in [2.75, 3.05) is 53.6 Å². The van der Waals surface area contributed by atoms with Crippen molar-refractivity contribution in [3.05, 3.63) is 29.8 Å². The highest BCUT2D eigenvalue weighted by molar-refractivity contribution is 6.04. The van der Waals surface area contributed by atoms with E-state index in [-0.39, 0.29) is 11.9 Å². The fourth-order valence-electron chi connectivity index (χ4n) is 2.58. The molecule has 1 aromatic rings. The van der Waals surface area contributed by atoms with Gasteiger partial charge < -0.3 is 19.1 Å². The molecule has 1 aliphatic heterocycles. The van der Waals surface area contributed by atoms with Gasteiger partial charge in [0.15, 0.2) is 0 Å². The van der Waals surface area contributed by atoms with Crippen molar-refractivity contribution in [1.82, 2.24) is 10.2 Å². The number of methoxy groups -OCH3 is 2. The molecule has 0 atom stereocenters. The third kappa shape index (κ3) is 6.72. The van der Waals surface area contributed by atoms with Crippen LogP contribution < -0.4 is 10.1 Å². The van der Waals surface area contributed by atoms with E-state index in [9.17, 15) is 4.79 Å². The van der Waals surface area contributed by atoms with Crippen LogP contribution in [0.3, 0.4) is 0 Å². The van der Waals surface area contributed by atoms with Crippen LogP contribution in [0.4, 0.5) is 0 Å². The minimum Gasteiger partial charge on any atom is -0.497 e. The summed E-state index contributed by atoms with van der Waals surface area (Å²) in [5.41, 5.74) is 0.488.